The summed E-state index contributed by atoms with van der Waals surface area (Å²) in [7, 11) is 3.17. The normalized spacial score (nSPS) is 14.7. The molecule has 0 spiro atoms. The Labute approximate surface area is 183 Å². The Morgan fingerprint density at radius 2 is 1.90 bits per heavy atom. The standard InChI is InChI=1S/C25H27N3O3/c1-4-13-28(2)24(26)19-7-9-20(10-8-19)25(30)27-22-12-11-18-6-5-17(14-21(18)16-22)15-23(29)31-3/h1,7-12,16-17,26H,5-6,13-15H2,2-3H3,(H,27,30). The summed E-state index contributed by atoms with van der Waals surface area (Å²) in [6.07, 6.45) is 8.41. The van der Waals surface area contributed by atoms with Gasteiger partial charge in [0.15, 0.2) is 0 Å². The SMILES string of the molecule is C#CCN(C)C(=N)c1ccc(C(=O)Nc2ccc3c(c2)CC(CC(=O)OC)CC3)cc1. The predicted molar refractivity (Wildman–Crippen MR) is 121 cm³/mol. The molecule has 1 unspecified atom stereocenters. The van der Waals surface area contributed by atoms with Crippen molar-refractivity contribution in [3.8, 4) is 12.3 Å². The number of methoxy groups -OCH3 is 1. The Kier molecular flexibility index (Phi) is 7.09. The van der Waals surface area contributed by atoms with E-state index in [1.165, 1.54) is 18.2 Å². The summed E-state index contributed by atoms with van der Waals surface area (Å²) < 4.78 is 4.79. The summed E-state index contributed by atoms with van der Waals surface area (Å²) in [6, 6.07) is 12.8. The quantitative estimate of drug-likeness (QED) is 0.326. The summed E-state index contributed by atoms with van der Waals surface area (Å²) in [5.74, 6) is 2.69. The number of benzene rings is 2. The van der Waals surface area contributed by atoms with Crippen molar-refractivity contribution >= 4 is 23.4 Å². The Morgan fingerprint density at radius 3 is 2.58 bits per heavy atom. The van der Waals surface area contributed by atoms with E-state index < -0.39 is 0 Å². The molecule has 0 aliphatic heterocycles. The highest BCUT2D eigenvalue weighted by atomic mass is 16.5. The summed E-state index contributed by atoms with van der Waals surface area (Å²) in [5.41, 5.74) is 4.36. The molecule has 2 aromatic carbocycles. The molecular weight excluding hydrogens is 390 g/mol. The molecule has 1 atom stereocenters. The first-order valence-electron chi connectivity index (χ1n) is 10.2. The third kappa shape index (κ3) is 5.52. The van der Waals surface area contributed by atoms with Gasteiger partial charge in [-0.2, -0.15) is 0 Å². The molecule has 3 rings (SSSR count). The van der Waals surface area contributed by atoms with Crippen molar-refractivity contribution in [3.05, 3.63) is 64.7 Å². The third-order valence-corrected chi connectivity index (χ3v) is 5.61. The van der Waals surface area contributed by atoms with Crippen molar-refractivity contribution in [3.63, 3.8) is 0 Å². The molecule has 2 N–H and O–H groups in total. The van der Waals surface area contributed by atoms with E-state index in [9.17, 15) is 9.59 Å². The van der Waals surface area contributed by atoms with Crippen LogP contribution >= 0.6 is 0 Å². The van der Waals surface area contributed by atoms with Crippen LogP contribution in [0.25, 0.3) is 0 Å². The van der Waals surface area contributed by atoms with Crippen LogP contribution in [0.1, 0.15) is 39.9 Å². The van der Waals surface area contributed by atoms with Gasteiger partial charge in [-0.3, -0.25) is 15.0 Å². The maximum absolute atomic E-state index is 12.7. The number of rotatable bonds is 6. The molecule has 0 heterocycles. The fourth-order valence-electron chi connectivity index (χ4n) is 3.82. The molecule has 0 radical (unpaired) electrons. The minimum absolute atomic E-state index is 0.181. The number of carbonyl (C=O) groups excluding carboxylic acids is 2. The third-order valence-electron chi connectivity index (χ3n) is 5.61. The molecule has 31 heavy (non-hydrogen) atoms. The number of aryl methyl sites for hydroxylation is 1. The molecule has 0 saturated heterocycles. The highest BCUT2D eigenvalue weighted by Crippen LogP contribution is 2.30. The van der Waals surface area contributed by atoms with Crippen molar-refractivity contribution in [2.24, 2.45) is 5.92 Å². The van der Waals surface area contributed by atoms with Crippen molar-refractivity contribution < 1.29 is 14.3 Å². The van der Waals surface area contributed by atoms with Gasteiger partial charge >= 0.3 is 5.97 Å². The summed E-state index contributed by atoms with van der Waals surface area (Å²) in [6.45, 7) is 0.347. The van der Waals surface area contributed by atoms with Crippen molar-refractivity contribution in [1.82, 2.24) is 4.90 Å². The van der Waals surface area contributed by atoms with E-state index in [-0.39, 0.29) is 17.8 Å². The number of amidine groups is 1. The van der Waals surface area contributed by atoms with E-state index >= 15 is 0 Å². The highest BCUT2D eigenvalue weighted by molar-refractivity contribution is 6.05. The van der Waals surface area contributed by atoms with Gasteiger partial charge in [0.05, 0.1) is 13.7 Å². The maximum atomic E-state index is 12.7. The number of esters is 1. The van der Waals surface area contributed by atoms with Crippen LogP contribution in [0.5, 0.6) is 0 Å². The molecule has 0 saturated carbocycles. The molecule has 2 aromatic rings. The van der Waals surface area contributed by atoms with Gasteiger partial charge in [0.25, 0.3) is 5.91 Å². The van der Waals surface area contributed by atoms with E-state index in [2.05, 4.69) is 11.2 Å². The van der Waals surface area contributed by atoms with Crippen LogP contribution in [0.3, 0.4) is 0 Å². The zero-order valence-corrected chi connectivity index (χ0v) is 17.9. The van der Waals surface area contributed by atoms with Crippen LogP contribution in [0.15, 0.2) is 42.5 Å². The van der Waals surface area contributed by atoms with Crippen LogP contribution < -0.4 is 5.32 Å². The number of fused-ring (bicyclic) bond motifs is 1. The fourth-order valence-corrected chi connectivity index (χ4v) is 3.82. The summed E-state index contributed by atoms with van der Waals surface area (Å²) in [4.78, 5) is 25.9. The second kappa shape index (κ2) is 9.94. The number of amides is 1. The lowest BCUT2D eigenvalue weighted by Gasteiger charge is -2.24. The van der Waals surface area contributed by atoms with Crippen molar-refractivity contribution in [1.29, 1.82) is 5.41 Å². The van der Waals surface area contributed by atoms with Crippen LogP contribution in [-0.4, -0.2) is 43.3 Å². The molecule has 1 aliphatic carbocycles. The lowest BCUT2D eigenvalue weighted by atomic mass is 9.82. The Balaban J connectivity index is 1.66. The summed E-state index contributed by atoms with van der Waals surface area (Å²) >= 11 is 0. The van der Waals surface area contributed by atoms with Gasteiger partial charge in [0.2, 0.25) is 0 Å². The second-order valence-electron chi connectivity index (χ2n) is 7.81. The number of hydrogen-bond donors (Lipinski definition) is 2. The van der Waals surface area contributed by atoms with E-state index in [0.29, 0.717) is 29.9 Å². The number of nitrogens with one attached hydrogen (secondary N) is 2. The van der Waals surface area contributed by atoms with Crippen LogP contribution in [0.2, 0.25) is 0 Å². The van der Waals surface area contributed by atoms with E-state index in [1.54, 1.807) is 36.2 Å². The Morgan fingerprint density at radius 1 is 1.19 bits per heavy atom. The van der Waals surface area contributed by atoms with Gasteiger partial charge in [0, 0.05) is 30.3 Å². The molecule has 0 bridgehead atoms. The van der Waals surface area contributed by atoms with Crippen molar-refractivity contribution in [2.75, 3.05) is 26.0 Å². The lowest BCUT2D eigenvalue weighted by Crippen LogP contribution is -2.27. The van der Waals surface area contributed by atoms with Crippen LogP contribution in [0.4, 0.5) is 5.69 Å². The van der Waals surface area contributed by atoms with Gasteiger partial charge in [-0.25, -0.2) is 0 Å². The number of hydrogen-bond acceptors (Lipinski definition) is 4. The molecule has 0 fully saturated rings. The van der Waals surface area contributed by atoms with Gasteiger partial charge < -0.3 is 15.0 Å². The zero-order valence-electron chi connectivity index (χ0n) is 17.9. The van der Waals surface area contributed by atoms with Crippen LogP contribution in [-0.2, 0) is 22.4 Å². The average molecular weight is 418 g/mol. The molecule has 6 heteroatoms. The number of carbonyl (C=O) groups is 2. The smallest absolute Gasteiger partial charge is 0.305 e. The average Bonchev–Trinajstić information content (AvgIpc) is 2.78. The highest BCUT2D eigenvalue weighted by Gasteiger charge is 2.22. The largest absolute Gasteiger partial charge is 0.469 e. The number of anilines is 1. The first kappa shape index (κ1) is 22.1. The lowest BCUT2D eigenvalue weighted by molar-refractivity contribution is -0.141. The number of nitrogens with zero attached hydrogens (tertiary/aromatic N) is 1. The molecule has 160 valence electrons. The van der Waals surface area contributed by atoms with Gasteiger partial charge in [-0.05, 0) is 60.6 Å². The Bertz CT molecular complexity index is 1020. The minimum atomic E-state index is -0.211. The molecular formula is C25H27N3O3. The van der Waals surface area contributed by atoms with Gasteiger partial charge in [0.1, 0.15) is 5.84 Å². The van der Waals surface area contributed by atoms with E-state index in [1.807, 2.05) is 18.2 Å². The van der Waals surface area contributed by atoms with Gasteiger partial charge in [-0.15, -0.1) is 6.42 Å². The maximum Gasteiger partial charge on any atom is 0.305 e. The van der Waals surface area contributed by atoms with Gasteiger partial charge in [-0.1, -0.05) is 24.1 Å². The van der Waals surface area contributed by atoms with E-state index in [4.69, 9.17) is 16.6 Å². The topological polar surface area (TPSA) is 82.5 Å². The fraction of sp³-hybridized carbons (Fsp3) is 0.320. The predicted octanol–water partition coefficient (Wildman–Crippen LogP) is 3.50. The van der Waals surface area contributed by atoms with E-state index in [0.717, 1.165) is 24.9 Å². The van der Waals surface area contributed by atoms with Crippen molar-refractivity contribution in [2.45, 2.75) is 25.7 Å². The minimum Gasteiger partial charge on any atom is -0.469 e. The monoisotopic (exact) mass is 417 g/mol. The second-order valence-corrected chi connectivity index (χ2v) is 7.81. The number of terminal acetylenes is 1. The molecule has 1 amide bonds. The summed E-state index contributed by atoms with van der Waals surface area (Å²) in [5, 5.41) is 11.1. The zero-order chi connectivity index (χ0) is 22.4. The molecule has 6 nitrogen and oxygen atoms in total. The molecule has 1 aliphatic rings. The Hall–Kier alpha value is -3.59. The number of ether oxygens (including phenoxy) is 1. The first-order chi connectivity index (χ1) is 14.9. The van der Waals surface area contributed by atoms with Crippen LogP contribution in [0, 0.1) is 23.7 Å². The first-order valence-corrected chi connectivity index (χ1v) is 10.2. The molecule has 0 aromatic heterocycles.